The predicted octanol–water partition coefficient (Wildman–Crippen LogP) is 1.74. The van der Waals surface area contributed by atoms with E-state index in [1.807, 2.05) is 19.3 Å². The lowest BCUT2D eigenvalue weighted by molar-refractivity contribution is 0.0486. The number of ether oxygens (including phenoxy) is 1. The third-order valence-electron chi connectivity index (χ3n) is 1.86. The number of rotatable bonds is 4. The molecule has 68 valence electrons. The van der Waals surface area contributed by atoms with Gasteiger partial charge in [-0.3, -0.25) is 4.68 Å². The number of aryl methyl sites for hydroxylation is 1. The van der Waals surface area contributed by atoms with Crippen molar-refractivity contribution in [3.63, 3.8) is 0 Å². The van der Waals surface area contributed by atoms with Gasteiger partial charge in [-0.25, -0.2) is 0 Å². The highest BCUT2D eigenvalue weighted by Gasteiger charge is 2.00. The zero-order chi connectivity index (χ0) is 8.97. The Balaban J connectivity index is 2.33. The van der Waals surface area contributed by atoms with Crippen LogP contribution in [-0.4, -0.2) is 15.9 Å². The Bertz CT molecular complexity index is 232. The zero-order valence-electron chi connectivity index (χ0n) is 7.95. The van der Waals surface area contributed by atoms with Gasteiger partial charge in [0.25, 0.3) is 0 Å². The topological polar surface area (TPSA) is 27.1 Å². The first-order valence-corrected chi connectivity index (χ1v) is 4.32. The van der Waals surface area contributed by atoms with Gasteiger partial charge in [0.05, 0.1) is 18.4 Å². The van der Waals surface area contributed by atoms with Crippen LogP contribution in [0.15, 0.2) is 12.3 Å². The normalized spacial score (nSPS) is 13.2. The SMILES string of the molecule is CC[C@H](C)OCc1ccn(C)n1. The van der Waals surface area contributed by atoms with Gasteiger partial charge in [-0.1, -0.05) is 6.92 Å². The molecule has 0 bridgehead atoms. The van der Waals surface area contributed by atoms with E-state index in [1.165, 1.54) is 0 Å². The van der Waals surface area contributed by atoms with Crippen molar-refractivity contribution in [2.45, 2.75) is 33.0 Å². The molecule has 0 unspecified atom stereocenters. The largest absolute Gasteiger partial charge is 0.372 e. The summed E-state index contributed by atoms with van der Waals surface area (Å²) in [5.41, 5.74) is 0.998. The van der Waals surface area contributed by atoms with E-state index in [0.29, 0.717) is 12.7 Å². The van der Waals surface area contributed by atoms with E-state index >= 15 is 0 Å². The number of hydrogen-bond donors (Lipinski definition) is 0. The fourth-order valence-electron chi connectivity index (χ4n) is 0.886. The molecule has 1 atom stereocenters. The van der Waals surface area contributed by atoms with Gasteiger partial charge in [0.15, 0.2) is 0 Å². The molecule has 3 nitrogen and oxygen atoms in total. The van der Waals surface area contributed by atoms with E-state index < -0.39 is 0 Å². The average molecular weight is 168 g/mol. The molecule has 1 aromatic rings. The highest BCUT2D eigenvalue weighted by Crippen LogP contribution is 2.02. The summed E-state index contributed by atoms with van der Waals surface area (Å²) in [5, 5.41) is 4.21. The van der Waals surface area contributed by atoms with Crippen molar-refractivity contribution in [1.29, 1.82) is 0 Å². The van der Waals surface area contributed by atoms with Crippen LogP contribution in [0.1, 0.15) is 26.0 Å². The van der Waals surface area contributed by atoms with Crippen LogP contribution in [0.5, 0.6) is 0 Å². The monoisotopic (exact) mass is 168 g/mol. The summed E-state index contributed by atoms with van der Waals surface area (Å²) in [6.07, 6.45) is 3.30. The minimum Gasteiger partial charge on any atom is -0.372 e. The quantitative estimate of drug-likeness (QED) is 0.684. The molecule has 0 N–H and O–H groups in total. The summed E-state index contributed by atoms with van der Waals surface area (Å²) >= 11 is 0. The van der Waals surface area contributed by atoms with Gasteiger partial charge in [0, 0.05) is 13.2 Å². The Morgan fingerprint density at radius 2 is 2.42 bits per heavy atom. The van der Waals surface area contributed by atoms with E-state index in [0.717, 1.165) is 12.1 Å². The van der Waals surface area contributed by atoms with Crippen LogP contribution in [0.2, 0.25) is 0 Å². The molecule has 0 amide bonds. The summed E-state index contributed by atoms with van der Waals surface area (Å²) in [6, 6.07) is 1.97. The first kappa shape index (κ1) is 9.26. The van der Waals surface area contributed by atoms with Gasteiger partial charge in [-0.15, -0.1) is 0 Å². The van der Waals surface area contributed by atoms with Crippen molar-refractivity contribution < 1.29 is 4.74 Å². The number of aromatic nitrogens is 2. The van der Waals surface area contributed by atoms with Crippen molar-refractivity contribution in [3.05, 3.63) is 18.0 Å². The molecule has 0 saturated heterocycles. The molecule has 0 aliphatic heterocycles. The lowest BCUT2D eigenvalue weighted by Crippen LogP contribution is -2.06. The summed E-state index contributed by atoms with van der Waals surface area (Å²) in [6.45, 7) is 4.81. The molecule has 1 heterocycles. The number of hydrogen-bond acceptors (Lipinski definition) is 2. The molecule has 0 saturated carbocycles. The Labute approximate surface area is 73.3 Å². The first-order chi connectivity index (χ1) is 5.72. The Morgan fingerprint density at radius 3 is 2.92 bits per heavy atom. The molecule has 1 aromatic heterocycles. The van der Waals surface area contributed by atoms with E-state index in [9.17, 15) is 0 Å². The van der Waals surface area contributed by atoms with Crippen molar-refractivity contribution in [1.82, 2.24) is 9.78 Å². The summed E-state index contributed by atoms with van der Waals surface area (Å²) in [7, 11) is 1.91. The Hall–Kier alpha value is -0.830. The third-order valence-corrected chi connectivity index (χ3v) is 1.86. The molecule has 12 heavy (non-hydrogen) atoms. The van der Waals surface area contributed by atoms with Gasteiger partial charge in [-0.2, -0.15) is 5.10 Å². The van der Waals surface area contributed by atoms with E-state index in [1.54, 1.807) is 4.68 Å². The minimum atomic E-state index is 0.326. The maximum atomic E-state index is 5.51. The fraction of sp³-hybridized carbons (Fsp3) is 0.667. The third kappa shape index (κ3) is 2.66. The van der Waals surface area contributed by atoms with E-state index in [-0.39, 0.29) is 0 Å². The van der Waals surface area contributed by atoms with E-state index in [2.05, 4.69) is 18.9 Å². The minimum absolute atomic E-state index is 0.326. The molecule has 0 spiro atoms. The van der Waals surface area contributed by atoms with E-state index in [4.69, 9.17) is 4.74 Å². The maximum Gasteiger partial charge on any atom is 0.0910 e. The fourth-order valence-corrected chi connectivity index (χ4v) is 0.886. The second-order valence-electron chi connectivity index (χ2n) is 3.01. The lowest BCUT2D eigenvalue weighted by atomic mass is 10.3. The Kier molecular flexibility index (Phi) is 3.29. The summed E-state index contributed by atoms with van der Waals surface area (Å²) in [4.78, 5) is 0. The summed E-state index contributed by atoms with van der Waals surface area (Å²) in [5.74, 6) is 0. The molecule has 0 aliphatic rings. The smallest absolute Gasteiger partial charge is 0.0910 e. The molecule has 3 heteroatoms. The van der Waals surface area contributed by atoms with Crippen molar-refractivity contribution in [2.24, 2.45) is 7.05 Å². The zero-order valence-corrected chi connectivity index (χ0v) is 7.95. The van der Waals surface area contributed by atoms with Crippen molar-refractivity contribution in [3.8, 4) is 0 Å². The second-order valence-corrected chi connectivity index (χ2v) is 3.01. The van der Waals surface area contributed by atoms with Gasteiger partial charge in [0.2, 0.25) is 0 Å². The van der Waals surface area contributed by atoms with Crippen molar-refractivity contribution in [2.75, 3.05) is 0 Å². The van der Waals surface area contributed by atoms with Crippen LogP contribution in [0.4, 0.5) is 0 Å². The molecule has 0 fully saturated rings. The van der Waals surface area contributed by atoms with Gasteiger partial charge in [0.1, 0.15) is 0 Å². The second kappa shape index (κ2) is 4.26. The molecule has 0 aliphatic carbocycles. The highest BCUT2D eigenvalue weighted by atomic mass is 16.5. The highest BCUT2D eigenvalue weighted by molar-refractivity contribution is 4.96. The first-order valence-electron chi connectivity index (χ1n) is 4.32. The van der Waals surface area contributed by atoms with Crippen molar-refractivity contribution >= 4 is 0 Å². The molecule has 0 radical (unpaired) electrons. The van der Waals surface area contributed by atoms with Gasteiger partial charge < -0.3 is 4.74 Å². The molecule has 1 rings (SSSR count). The molecule has 0 aromatic carbocycles. The van der Waals surface area contributed by atoms with Crippen LogP contribution >= 0.6 is 0 Å². The number of nitrogens with zero attached hydrogens (tertiary/aromatic N) is 2. The summed E-state index contributed by atoms with van der Waals surface area (Å²) < 4.78 is 7.30. The Morgan fingerprint density at radius 1 is 1.67 bits per heavy atom. The predicted molar refractivity (Wildman–Crippen MR) is 47.8 cm³/mol. The van der Waals surface area contributed by atoms with Crippen LogP contribution in [-0.2, 0) is 18.4 Å². The average Bonchev–Trinajstić information content (AvgIpc) is 2.47. The van der Waals surface area contributed by atoms with Gasteiger partial charge >= 0.3 is 0 Å². The molecular formula is C9H16N2O. The molecular weight excluding hydrogens is 152 g/mol. The van der Waals surface area contributed by atoms with Crippen LogP contribution in [0.3, 0.4) is 0 Å². The van der Waals surface area contributed by atoms with Crippen LogP contribution < -0.4 is 0 Å². The van der Waals surface area contributed by atoms with Crippen LogP contribution in [0, 0.1) is 0 Å². The maximum absolute atomic E-state index is 5.51. The standard InChI is InChI=1S/C9H16N2O/c1-4-8(2)12-7-9-5-6-11(3)10-9/h5-6,8H,4,7H2,1-3H3/t8-/m0/s1. The van der Waals surface area contributed by atoms with Crippen LogP contribution in [0.25, 0.3) is 0 Å². The van der Waals surface area contributed by atoms with Gasteiger partial charge in [-0.05, 0) is 19.4 Å². The lowest BCUT2D eigenvalue weighted by Gasteiger charge is -2.07.